The van der Waals surface area contributed by atoms with Crippen LogP contribution in [0, 0.1) is 5.92 Å². The van der Waals surface area contributed by atoms with Crippen molar-refractivity contribution in [2.24, 2.45) is 5.92 Å². The molecule has 0 aromatic heterocycles. The number of piperidine rings is 1. The van der Waals surface area contributed by atoms with Crippen molar-refractivity contribution in [3.05, 3.63) is 247 Å². The van der Waals surface area contributed by atoms with Crippen LogP contribution in [0.1, 0.15) is 53.9 Å². The summed E-state index contributed by atoms with van der Waals surface area (Å²) in [6, 6.07) is 80.9. The standard InChI is InChI=1S/C66H70N4O3S2/c1-73-50-68-65(72)64-61(53-38-37-51-23-20-21-24-52(51)47-53)48-57-39-40-62(64)70(57)43-22-42-69(44-45-74-66(54-25-8-2-9-26-54,55-27-10-3-11-28-55)56-29-12-4-13-30-56)49-63(71)67-41-46-75(58-31-14-5-15-32-58,59-33-16-6-17-34-59)60-35-18-7-19-36-60/h2-21,23-38,47,57,61-62,64H,22,39-46,48-50H2,1H3,(H,67,71)(H,68,72)/t57?,61-,62?,64+/m1/s1. The third-order valence-corrected chi connectivity index (χ3v) is 21.2. The Bertz CT molecular complexity index is 2870. The number of methoxy groups -OCH3 is 1. The number of carbonyl (C=O) groups is 2. The van der Waals surface area contributed by atoms with E-state index in [1.54, 1.807) is 7.11 Å². The molecule has 2 bridgehead atoms. The van der Waals surface area contributed by atoms with Gasteiger partial charge in [0.1, 0.15) is 6.73 Å². The number of nitrogens with zero attached hydrogens (tertiary/aromatic N) is 2. The van der Waals surface area contributed by atoms with E-state index in [9.17, 15) is 9.59 Å². The Labute approximate surface area is 450 Å². The van der Waals surface area contributed by atoms with E-state index in [1.165, 1.54) is 47.7 Å². The fraction of sp³-hybridized carbons (Fsp3) is 0.273. The summed E-state index contributed by atoms with van der Waals surface area (Å²) in [5.74, 6) is 1.59. The van der Waals surface area contributed by atoms with Gasteiger partial charge in [-0.05, 0) is 129 Å². The van der Waals surface area contributed by atoms with Crippen LogP contribution in [0.15, 0.2) is 239 Å². The summed E-state index contributed by atoms with van der Waals surface area (Å²) >= 11 is 1.94. The molecule has 384 valence electrons. The lowest BCUT2D eigenvalue weighted by Gasteiger charge is -2.44. The van der Waals surface area contributed by atoms with E-state index < -0.39 is 14.8 Å². The summed E-state index contributed by atoms with van der Waals surface area (Å²) < 4.78 is 4.91. The van der Waals surface area contributed by atoms with Crippen LogP contribution in [0.5, 0.6) is 0 Å². The number of amides is 2. The lowest BCUT2D eigenvalue weighted by atomic mass is 9.75. The molecule has 0 saturated carbocycles. The molecule has 2 fully saturated rings. The summed E-state index contributed by atoms with van der Waals surface area (Å²) in [4.78, 5) is 37.7. The quantitative estimate of drug-likeness (QED) is 0.0491. The summed E-state index contributed by atoms with van der Waals surface area (Å²) in [7, 11) is -0.0892. The molecular formula is C66H70N4O3S2. The van der Waals surface area contributed by atoms with Gasteiger partial charge < -0.3 is 15.4 Å². The minimum atomic E-state index is -1.72. The first-order chi connectivity index (χ1) is 37.0. The molecule has 2 N–H and O–H groups in total. The van der Waals surface area contributed by atoms with Gasteiger partial charge in [0.2, 0.25) is 11.8 Å². The normalized spacial score (nSPS) is 17.9. The second-order valence-corrected chi connectivity index (χ2v) is 24.6. The number of hydrogen-bond acceptors (Lipinski definition) is 6. The Balaban J connectivity index is 0.902. The molecule has 8 aromatic carbocycles. The smallest absolute Gasteiger partial charge is 0.234 e. The molecule has 2 amide bonds. The molecule has 10 rings (SSSR count). The van der Waals surface area contributed by atoms with Crippen molar-refractivity contribution in [2.75, 3.05) is 58.1 Å². The maximum absolute atomic E-state index is 14.6. The average Bonchev–Trinajstić information content (AvgIpc) is 3.77. The highest BCUT2D eigenvalue weighted by atomic mass is 32.3. The molecular weight excluding hydrogens is 961 g/mol. The Kier molecular flexibility index (Phi) is 17.3. The zero-order chi connectivity index (χ0) is 51.3. The highest BCUT2D eigenvalue weighted by Crippen LogP contribution is 2.67. The van der Waals surface area contributed by atoms with Gasteiger partial charge in [0.15, 0.2) is 0 Å². The molecule has 2 heterocycles. The van der Waals surface area contributed by atoms with Gasteiger partial charge in [0.05, 0.1) is 17.2 Å². The number of carbonyl (C=O) groups excluding carboxylic acids is 2. The molecule has 8 aromatic rings. The first-order valence-electron chi connectivity index (χ1n) is 26.7. The van der Waals surface area contributed by atoms with Gasteiger partial charge in [-0.1, -0.05) is 188 Å². The first kappa shape index (κ1) is 52.0. The fourth-order valence-corrected chi connectivity index (χ4v) is 17.6. The molecule has 2 aliphatic heterocycles. The number of fused-ring (bicyclic) bond motifs is 3. The van der Waals surface area contributed by atoms with Crippen LogP contribution in [0.2, 0.25) is 0 Å². The number of ether oxygens (including phenoxy) is 1. The van der Waals surface area contributed by atoms with E-state index in [0.29, 0.717) is 19.1 Å². The van der Waals surface area contributed by atoms with Gasteiger partial charge in [-0.25, -0.2) is 0 Å². The largest absolute Gasteiger partial charge is 0.364 e. The third kappa shape index (κ3) is 11.5. The van der Waals surface area contributed by atoms with Gasteiger partial charge >= 0.3 is 0 Å². The van der Waals surface area contributed by atoms with E-state index >= 15 is 0 Å². The Morgan fingerprint density at radius 1 is 0.627 bits per heavy atom. The zero-order valence-electron chi connectivity index (χ0n) is 43.1. The van der Waals surface area contributed by atoms with Crippen molar-refractivity contribution in [1.82, 2.24) is 20.4 Å². The average molecular weight is 1030 g/mol. The Morgan fingerprint density at radius 2 is 1.15 bits per heavy atom. The van der Waals surface area contributed by atoms with Gasteiger partial charge in [-0.15, -0.1) is 11.8 Å². The van der Waals surface area contributed by atoms with Crippen molar-refractivity contribution in [3.63, 3.8) is 0 Å². The summed E-state index contributed by atoms with van der Waals surface area (Å²) in [5, 5.41) is 9.00. The molecule has 0 spiro atoms. The molecule has 4 atom stereocenters. The molecule has 2 aliphatic rings. The number of rotatable bonds is 23. The van der Waals surface area contributed by atoms with E-state index in [1.807, 2.05) is 11.8 Å². The van der Waals surface area contributed by atoms with Crippen LogP contribution in [0.25, 0.3) is 10.8 Å². The highest BCUT2D eigenvalue weighted by Gasteiger charge is 2.50. The van der Waals surface area contributed by atoms with Gasteiger partial charge in [-0.3, -0.25) is 19.4 Å². The Hall–Kier alpha value is -6.46. The van der Waals surface area contributed by atoms with Crippen LogP contribution in [-0.4, -0.2) is 91.8 Å². The van der Waals surface area contributed by atoms with Crippen LogP contribution in [0.4, 0.5) is 0 Å². The summed E-state index contributed by atoms with van der Waals surface area (Å²) in [6.07, 6.45) is 3.87. The fourth-order valence-electron chi connectivity index (χ4n) is 12.2. The minimum absolute atomic E-state index is 0.0362. The number of thioether (sulfide) groups is 1. The van der Waals surface area contributed by atoms with Crippen LogP contribution < -0.4 is 10.6 Å². The molecule has 9 heteroatoms. The second kappa shape index (κ2) is 24.9. The van der Waals surface area contributed by atoms with Crippen LogP contribution in [-0.2, 0) is 19.1 Å². The molecule has 2 unspecified atom stereocenters. The molecule has 7 nitrogen and oxygen atoms in total. The van der Waals surface area contributed by atoms with E-state index in [2.05, 4.69) is 245 Å². The summed E-state index contributed by atoms with van der Waals surface area (Å²) in [5.41, 5.74) is 4.92. The predicted molar refractivity (Wildman–Crippen MR) is 311 cm³/mol. The van der Waals surface area contributed by atoms with Crippen molar-refractivity contribution in [1.29, 1.82) is 0 Å². The monoisotopic (exact) mass is 1030 g/mol. The number of hydrogen-bond donors (Lipinski definition) is 2. The molecule has 0 aliphatic carbocycles. The minimum Gasteiger partial charge on any atom is -0.364 e. The molecule has 75 heavy (non-hydrogen) atoms. The first-order valence-corrected chi connectivity index (χ1v) is 29.5. The Morgan fingerprint density at radius 3 is 1.69 bits per heavy atom. The maximum atomic E-state index is 14.6. The highest BCUT2D eigenvalue weighted by molar-refractivity contribution is 8.33. The zero-order valence-corrected chi connectivity index (χ0v) is 44.7. The van der Waals surface area contributed by atoms with E-state index in [0.717, 1.165) is 56.8 Å². The van der Waals surface area contributed by atoms with Crippen molar-refractivity contribution in [2.45, 2.75) is 63.1 Å². The predicted octanol–water partition coefficient (Wildman–Crippen LogP) is 13.0. The van der Waals surface area contributed by atoms with Crippen molar-refractivity contribution >= 4 is 44.4 Å². The van der Waals surface area contributed by atoms with Crippen molar-refractivity contribution in [3.8, 4) is 0 Å². The summed E-state index contributed by atoms with van der Waals surface area (Å²) in [6.45, 7) is 3.35. The lowest BCUT2D eigenvalue weighted by Crippen LogP contribution is -2.53. The van der Waals surface area contributed by atoms with Crippen LogP contribution in [0.3, 0.4) is 0 Å². The second-order valence-electron chi connectivity index (χ2n) is 20.0. The number of nitrogens with one attached hydrogen (secondary N) is 2. The molecule has 2 saturated heterocycles. The van der Waals surface area contributed by atoms with E-state index in [-0.39, 0.29) is 36.4 Å². The van der Waals surface area contributed by atoms with Gasteiger partial charge in [0, 0.05) is 43.8 Å². The van der Waals surface area contributed by atoms with Gasteiger partial charge in [-0.2, -0.15) is 10.0 Å². The topological polar surface area (TPSA) is 73.9 Å². The maximum Gasteiger partial charge on any atom is 0.234 e. The molecule has 0 radical (unpaired) electrons. The third-order valence-electron chi connectivity index (χ3n) is 15.7. The lowest BCUT2D eigenvalue weighted by molar-refractivity contribution is -0.131. The van der Waals surface area contributed by atoms with Crippen molar-refractivity contribution < 1.29 is 14.3 Å². The SMILES string of the molecule is COCNC(=O)[C@@H]1C2CCC(C[C@@H]1c1ccc3ccccc3c1)N2CCCN(CCSC(c1ccccc1)(c1ccccc1)c1ccccc1)CC(=O)NCCS(c1ccccc1)(c1ccccc1)c1ccccc1. The van der Waals surface area contributed by atoms with E-state index in [4.69, 9.17) is 4.74 Å². The van der Waals surface area contributed by atoms with Gasteiger partial charge in [0.25, 0.3) is 0 Å². The number of benzene rings is 8. The van der Waals surface area contributed by atoms with Crippen LogP contribution >= 0.6 is 21.8 Å².